The van der Waals surface area contributed by atoms with E-state index in [0.29, 0.717) is 17.4 Å². The van der Waals surface area contributed by atoms with Crippen LogP contribution in [0, 0.1) is 6.92 Å². The summed E-state index contributed by atoms with van der Waals surface area (Å²) in [7, 11) is 1.62. The third kappa shape index (κ3) is 4.09. The van der Waals surface area contributed by atoms with Crippen LogP contribution in [0.1, 0.15) is 62.2 Å². The lowest BCUT2D eigenvalue weighted by Gasteiger charge is -2.25. The minimum Gasteiger partial charge on any atom is -0.479 e. The van der Waals surface area contributed by atoms with E-state index in [9.17, 15) is 0 Å². The zero-order valence-corrected chi connectivity index (χ0v) is 21.0. The average Bonchev–Trinajstić information content (AvgIpc) is 3.43. The van der Waals surface area contributed by atoms with Crippen molar-refractivity contribution in [3.05, 3.63) is 70.5 Å². The summed E-state index contributed by atoms with van der Waals surface area (Å²) >= 11 is 6.69. The number of fused-ring (bicyclic) bond motifs is 1. The molecule has 1 aromatic carbocycles. The van der Waals surface area contributed by atoms with E-state index in [0.717, 1.165) is 47.2 Å². The van der Waals surface area contributed by atoms with Crippen LogP contribution in [0.5, 0.6) is 5.88 Å². The fraction of sp³-hybridized carbons (Fsp3) is 0.385. The normalized spacial score (nSPS) is 15.9. The van der Waals surface area contributed by atoms with Gasteiger partial charge in [-0.15, -0.1) is 5.10 Å². The Morgan fingerprint density at radius 3 is 2.62 bits per heavy atom. The van der Waals surface area contributed by atoms with E-state index in [2.05, 4.69) is 44.0 Å². The molecule has 1 aliphatic rings. The van der Waals surface area contributed by atoms with Crippen molar-refractivity contribution in [1.29, 1.82) is 0 Å². The van der Waals surface area contributed by atoms with Gasteiger partial charge in [0, 0.05) is 23.7 Å². The molecule has 4 aromatic rings. The number of aryl methyl sites for hydroxylation is 2. The van der Waals surface area contributed by atoms with Gasteiger partial charge in [-0.3, -0.25) is 0 Å². The molecule has 0 N–H and O–H groups in total. The zero-order valence-electron chi connectivity index (χ0n) is 20.2. The molecule has 0 saturated carbocycles. The fourth-order valence-electron chi connectivity index (χ4n) is 4.59. The van der Waals surface area contributed by atoms with Crippen molar-refractivity contribution in [3.8, 4) is 23.1 Å². The highest BCUT2D eigenvalue weighted by Gasteiger charge is 2.28. The molecule has 0 amide bonds. The topological polar surface area (TPSA) is 70.7 Å². The van der Waals surface area contributed by atoms with E-state index in [1.165, 1.54) is 5.56 Å². The first kappa shape index (κ1) is 22.6. The highest BCUT2D eigenvalue weighted by atomic mass is 35.5. The number of ether oxygens (including phenoxy) is 1. The second kappa shape index (κ2) is 8.55. The monoisotopic (exact) mass is 476 g/mol. The van der Waals surface area contributed by atoms with Crippen molar-refractivity contribution in [2.75, 3.05) is 7.11 Å². The number of aromatic nitrogens is 6. The fourth-order valence-corrected chi connectivity index (χ4v) is 5.06. The van der Waals surface area contributed by atoms with Gasteiger partial charge in [0.05, 0.1) is 19.1 Å². The molecule has 1 atom stereocenters. The quantitative estimate of drug-likeness (QED) is 0.376. The zero-order chi connectivity index (χ0) is 24.0. The Balaban J connectivity index is 1.50. The van der Waals surface area contributed by atoms with Crippen LogP contribution in [0.2, 0.25) is 5.02 Å². The molecule has 0 fully saturated rings. The average molecular weight is 477 g/mol. The Hall–Kier alpha value is -3.19. The van der Waals surface area contributed by atoms with Crippen LogP contribution in [-0.4, -0.2) is 36.4 Å². The molecule has 0 aliphatic carbocycles. The molecule has 8 heteroatoms. The smallest absolute Gasteiger partial charge is 0.238 e. The number of hydrogen-bond acceptors (Lipinski definition) is 5. The number of nitrogens with zero attached hydrogens (tertiary/aromatic N) is 6. The molecule has 0 bridgehead atoms. The van der Waals surface area contributed by atoms with Crippen molar-refractivity contribution in [2.45, 2.75) is 58.4 Å². The van der Waals surface area contributed by atoms with Crippen LogP contribution >= 0.6 is 11.6 Å². The molecule has 0 saturated heterocycles. The molecule has 4 heterocycles. The van der Waals surface area contributed by atoms with Crippen molar-refractivity contribution in [2.24, 2.45) is 0 Å². The Labute approximate surface area is 204 Å². The molecule has 1 aliphatic heterocycles. The van der Waals surface area contributed by atoms with E-state index < -0.39 is 0 Å². The molecule has 5 rings (SSSR count). The van der Waals surface area contributed by atoms with Crippen LogP contribution in [0.4, 0.5) is 0 Å². The van der Waals surface area contributed by atoms with Crippen molar-refractivity contribution >= 4 is 11.6 Å². The minimum absolute atomic E-state index is 0.00166. The minimum atomic E-state index is 0.00166. The van der Waals surface area contributed by atoms with Gasteiger partial charge in [0.15, 0.2) is 5.82 Å². The van der Waals surface area contributed by atoms with Crippen LogP contribution in [0.25, 0.3) is 17.2 Å². The maximum absolute atomic E-state index is 6.69. The van der Waals surface area contributed by atoms with Gasteiger partial charge in [-0.05, 0) is 54.5 Å². The van der Waals surface area contributed by atoms with Gasteiger partial charge in [0.2, 0.25) is 5.88 Å². The van der Waals surface area contributed by atoms with E-state index in [1.807, 2.05) is 34.5 Å². The van der Waals surface area contributed by atoms with E-state index in [4.69, 9.17) is 31.4 Å². The molecular formula is C26H29ClN6O. The Morgan fingerprint density at radius 1 is 1.12 bits per heavy atom. The van der Waals surface area contributed by atoms with Crippen LogP contribution in [0.3, 0.4) is 0 Å². The third-order valence-electron chi connectivity index (χ3n) is 6.33. The standard InChI is InChI=1S/C26H29ClN6O/c1-16-14-32(15-28-16)22-11-10-21(29-25(22)34-5)23-30-24-18(7-6-12-33(24)31-23)17-8-9-19(20(27)13-17)26(2,3)4/h8-11,13-15,18H,6-7,12H2,1-5H3/t18-/m0/s1. The van der Waals surface area contributed by atoms with Crippen molar-refractivity contribution in [3.63, 3.8) is 0 Å². The van der Waals surface area contributed by atoms with Crippen LogP contribution in [-0.2, 0) is 12.0 Å². The van der Waals surface area contributed by atoms with Crippen LogP contribution < -0.4 is 4.74 Å². The first-order valence-electron chi connectivity index (χ1n) is 11.6. The summed E-state index contributed by atoms with van der Waals surface area (Å²) in [6, 6.07) is 10.3. The maximum atomic E-state index is 6.69. The number of rotatable bonds is 4. The second-order valence-electron chi connectivity index (χ2n) is 9.85. The van der Waals surface area contributed by atoms with Crippen molar-refractivity contribution < 1.29 is 4.74 Å². The first-order chi connectivity index (χ1) is 16.2. The summed E-state index contributed by atoms with van der Waals surface area (Å²) in [4.78, 5) is 13.9. The Kier molecular flexibility index (Phi) is 5.68. The highest BCUT2D eigenvalue weighted by Crippen LogP contribution is 2.37. The largest absolute Gasteiger partial charge is 0.479 e. The number of pyridine rings is 1. The number of halogens is 1. The van der Waals surface area contributed by atoms with Crippen LogP contribution in [0.15, 0.2) is 42.9 Å². The second-order valence-corrected chi connectivity index (χ2v) is 10.3. The molecule has 176 valence electrons. The number of hydrogen-bond donors (Lipinski definition) is 0. The number of imidazole rings is 1. The Bertz CT molecular complexity index is 1350. The molecule has 3 aromatic heterocycles. The predicted octanol–water partition coefficient (Wildman–Crippen LogP) is 5.72. The highest BCUT2D eigenvalue weighted by molar-refractivity contribution is 6.31. The van der Waals surface area contributed by atoms with Gasteiger partial charge in [0.1, 0.15) is 17.2 Å². The SMILES string of the molecule is COc1nc(-c2nc3n(n2)CCC[C@H]3c2ccc(C(C)(C)C)c(Cl)c2)ccc1-n1cnc(C)c1. The number of benzene rings is 1. The lowest BCUT2D eigenvalue weighted by atomic mass is 9.84. The lowest BCUT2D eigenvalue weighted by molar-refractivity contribution is 0.396. The summed E-state index contributed by atoms with van der Waals surface area (Å²) in [6.45, 7) is 9.33. The summed E-state index contributed by atoms with van der Waals surface area (Å²) in [5.41, 5.74) is 4.76. The van der Waals surface area contributed by atoms with Gasteiger partial charge in [-0.2, -0.15) is 0 Å². The van der Waals surface area contributed by atoms with Gasteiger partial charge in [0.25, 0.3) is 0 Å². The van der Waals surface area contributed by atoms with Gasteiger partial charge in [-0.25, -0.2) is 19.6 Å². The summed E-state index contributed by atoms with van der Waals surface area (Å²) in [5, 5.41) is 5.60. The summed E-state index contributed by atoms with van der Waals surface area (Å²) < 4.78 is 9.49. The Morgan fingerprint density at radius 2 is 1.94 bits per heavy atom. The van der Waals surface area contributed by atoms with Crippen molar-refractivity contribution in [1.82, 2.24) is 29.3 Å². The van der Waals surface area contributed by atoms with Gasteiger partial charge >= 0.3 is 0 Å². The first-order valence-corrected chi connectivity index (χ1v) is 11.9. The molecule has 34 heavy (non-hydrogen) atoms. The summed E-state index contributed by atoms with van der Waals surface area (Å²) in [5.74, 6) is 2.21. The number of methoxy groups -OCH3 is 1. The molecule has 7 nitrogen and oxygen atoms in total. The van der Waals surface area contributed by atoms with E-state index in [1.54, 1.807) is 13.4 Å². The summed E-state index contributed by atoms with van der Waals surface area (Å²) in [6.07, 6.45) is 5.74. The van der Waals surface area contributed by atoms with Gasteiger partial charge in [-0.1, -0.05) is 44.5 Å². The molecule has 0 spiro atoms. The maximum Gasteiger partial charge on any atom is 0.238 e. The van der Waals surface area contributed by atoms with E-state index >= 15 is 0 Å². The predicted molar refractivity (Wildman–Crippen MR) is 133 cm³/mol. The van der Waals surface area contributed by atoms with Gasteiger partial charge < -0.3 is 9.30 Å². The molecule has 0 radical (unpaired) electrons. The van der Waals surface area contributed by atoms with E-state index in [-0.39, 0.29) is 11.3 Å². The molecular weight excluding hydrogens is 448 g/mol. The lowest BCUT2D eigenvalue weighted by Crippen LogP contribution is -2.18. The molecule has 0 unspecified atom stereocenters. The third-order valence-corrected chi connectivity index (χ3v) is 6.64.